The van der Waals surface area contributed by atoms with Gasteiger partial charge in [0.1, 0.15) is 0 Å². The third-order valence-corrected chi connectivity index (χ3v) is 2.96. The van der Waals surface area contributed by atoms with Crippen molar-refractivity contribution in [2.45, 2.75) is 19.3 Å². The largest absolute Gasteiger partial charge is 0.100 e. The Bertz CT molecular complexity index is 428. The minimum Gasteiger partial charge on any atom is -0.100 e. The molecule has 0 bridgehead atoms. The molecule has 0 saturated heterocycles. The van der Waals surface area contributed by atoms with Crippen LogP contribution in [0.15, 0.2) is 72.8 Å². The zero-order valence-electron chi connectivity index (χ0n) is 10.3. The average Bonchev–Trinajstić information content (AvgIpc) is 2.38. The average molecular weight is 222 g/mol. The summed E-state index contributed by atoms with van der Waals surface area (Å²) in [6.45, 7) is 6.14. The van der Waals surface area contributed by atoms with Crippen LogP contribution in [0.2, 0.25) is 0 Å². The lowest BCUT2D eigenvalue weighted by Crippen LogP contribution is -2.01. The van der Waals surface area contributed by atoms with E-state index in [4.69, 9.17) is 0 Å². The van der Waals surface area contributed by atoms with E-state index in [0.717, 1.165) is 6.42 Å². The van der Waals surface area contributed by atoms with Crippen molar-refractivity contribution in [2.24, 2.45) is 0 Å². The van der Waals surface area contributed by atoms with E-state index in [2.05, 4.69) is 74.2 Å². The molecule has 17 heavy (non-hydrogen) atoms. The number of hydrogen-bond acceptors (Lipinski definition) is 0. The molecule has 2 aromatic carbocycles. The molecule has 0 unspecified atom stereocenters. The summed E-state index contributed by atoms with van der Waals surface area (Å²) in [5, 5.41) is 0. The predicted octanol–water partition coefficient (Wildman–Crippen LogP) is 4.78. The van der Waals surface area contributed by atoms with Crippen molar-refractivity contribution in [3.63, 3.8) is 0 Å². The number of rotatable bonds is 4. The highest BCUT2D eigenvalue weighted by Gasteiger charge is 2.13. The quantitative estimate of drug-likeness (QED) is 0.653. The molecule has 0 heterocycles. The molecular weight excluding hydrogens is 204 g/mol. The maximum atomic E-state index is 4.05. The van der Waals surface area contributed by atoms with Crippen LogP contribution in [0.4, 0.5) is 0 Å². The van der Waals surface area contributed by atoms with Gasteiger partial charge in [0, 0.05) is 5.92 Å². The first-order valence-corrected chi connectivity index (χ1v) is 6.01. The van der Waals surface area contributed by atoms with E-state index in [1.807, 2.05) is 0 Å². The van der Waals surface area contributed by atoms with Crippen molar-refractivity contribution in [1.29, 1.82) is 0 Å². The first kappa shape index (κ1) is 11.7. The van der Waals surface area contributed by atoms with Crippen LogP contribution in [0.25, 0.3) is 0 Å². The Morgan fingerprint density at radius 1 is 0.882 bits per heavy atom. The van der Waals surface area contributed by atoms with Gasteiger partial charge in [0.15, 0.2) is 0 Å². The second-order valence-electron chi connectivity index (χ2n) is 4.54. The molecule has 0 aliphatic carbocycles. The summed E-state index contributed by atoms with van der Waals surface area (Å²) in [6.07, 6.45) is 1.01. The number of allylic oxidation sites excluding steroid dienone is 1. The summed E-state index contributed by atoms with van der Waals surface area (Å²) in [7, 11) is 0. The molecule has 0 saturated carbocycles. The molecule has 0 aromatic heterocycles. The first-order chi connectivity index (χ1) is 8.27. The van der Waals surface area contributed by atoms with E-state index in [0.29, 0.717) is 5.92 Å². The van der Waals surface area contributed by atoms with Crippen LogP contribution in [0.1, 0.15) is 30.4 Å². The van der Waals surface area contributed by atoms with E-state index in [1.54, 1.807) is 0 Å². The standard InChI is InChI=1S/C17H18/c1-14(2)13-17(15-9-5-3-6-10-15)16-11-7-4-8-12-16/h3-12,17H,1,13H2,2H3. The fourth-order valence-electron chi connectivity index (χ4n) is 2.15. The molecule has 0 radical (unpaired) electrons. The minimum absolute atomic E-state index is 0.426. The van der Waals surface area contributed by atoms with Crippen LogP contribution >= 0.6 is 0 Å². The Kier molecular flexibility index (Phi) is 3.77. The summed E-state index contributed by atoms with van der Waals surface area (Å²) < 4.78 is 0. The van der Waals surface area contributed by atoms with Crippen LogP contribution < -0.4 is 0 Å². The van der Waals surface area contributed by atoms with Gasteiger partial charge in [0.25, 0.3) is 0 Å². The summed E-state index contributed by atoms with van der Waals surface area (Å²) in [4.78, 5) is 0. The van der Waals surface area contributed by atoms with E-state index < -0.39 is 0 Å². The van der Waals surface area contributed by atoms with Gasteiger partial charge in [-0.1, -0.05) is 66.2 Å². The van der Waals surface area contributed by atoms with Crippen LogP contribution in [-0.2, 0) is 0 Å². The molecule has 0 spiro atoms. The van der Waals surface area contributed by atoms with Crippen molar-refractivity contribution >= 4 is 0 Å². The van der Waals surface area contributed by atoms with Crippen molar-refractivity contribution < 1.29 is 0 Å². The minimum atomic E-state index is 0.426. The third-order valence-electron chi connectivity index (χ3n) is 2.96. The topological polar surface area (TPSA) is 0 Å². The summed E-state index contributed by atoms with van der Waals surface area (Å²) in [6, 6.07) is 21.3. The Balaban J connectivity index is 2.36. The Labute approximate surface area is 104 Å². The second-order valence-corrected chi connectivity index (χ2v) is 4.54. The highest BCUT2D eigenvalue weighted by Crippen LogP contribution is 2.29. The molecular formula is C17H18. The van der Waals surface area contributed by atoms with E-state index in [-0.39, 0.29) is 0 Å². The molecule has 0 amide bonds. The Morgan fingerprint density at radius 2 is 1.29 bits per heavy atom. The molecule has 2 aromatic rings. The van der Waals surface area contributed by atoms with Crippen LogP contribution in [-0.4, -0.2) is 0 Å². The highest BCUT2D eigenvalue weighted by atomic mass is 14.2. The molecule has 0 heteroatoms. The van der Waals surface area contributed by atoms with Gasteiger partial charge in [-0.3, -0.25) is 0 Å². The molecule has 0 atom stereocenters. The maximum absolute atomic E-state index is 4.05. The van der Waals surface area contributed by atoms with Gasteiger partial charge in [-0.05, 0) is 24.5 Å². The molecule has 0 N–H and O–H groups in total. The SMILES string of the molecule is C=C(C)CC(c1ccccc1)c1ccccc1. The summed E-state index contributed by atoms with van der Waals surface area (Å²) in [5.74, 6) is 0.426. The van der Waals surface area contributed by atoms with E-state index in [1.165, 1.54) is 16.7 Å². The Morgan fingerprint density at radius 3 is 1.65 bits per heavy atom. The van der Waals surface area contributed by atoms with Gasteiger partial charge >= 0.3 is 0 Å². The molecule has 86 valence electrons. The van der Waals surface area contributed by atoms with Crippen LogP contribution in [0.3, 0.4) is 0 Å². The van der Waals surface area contributed by atoms with Crippen LogP contribution in [0, 0.1) is 0 Å². The van der Waals surface area contributed by atoms with Gasteiger partial charge in [-0.2, -0.15) is 0 Å². The normalized spacial score (nSPS) is 10.5. The van der Waals surface area contributed by atoms with E-state index in [9.17, 15) is 0 Å². The zero-order valence-corrected chi connectivity index (χ0v) is 10.3. The molecule has 0 fully saturated rings. The summed E-state index contributed by atoms with van der Waals surface area (Å²) >= 11 is 0. The van der Waals surface area contributed by atoms with Gasteiger partial charge in [0.2, 0.25) is 0 Å². The molecule has 0 aliphatic heterocycles. The Hall–Kier alpha value is -1.82. The highest BCUT2D eigenvalue weighted by molar-refractivity contribution is 5.33. The van der Waals surface area contributed by atoms with Gasteiger partial charge < -0.3 is 0 Å². The monoisotopic (exact) mass is 222 g/mol. The second kappa shape index (κ2) is 5.49. The smallest absolute Gasteiger partial charge is 0.0126 e. The van der Waals surface area contributed by atoms with Crippen molar-refractivity contribution in [3.8, 4) is 0 Å². The fourth-order valence-corrected chi connectivity index (χ4v) is 2.15. The van der Waals surface area contributed by atoms with Gasteiger partial charge in [-0.25, -0.2) is 0 Å². The lowest BCUT2D eigenvalue weighted by atomic mass is 9.86. The predicted molar refractivity (Wildman–Crippen MR) is 74.2 cm³/mol. The van der Waals surface area contributed by atoms with E-state index >= 15 is 0 Å². The lowest BCUT2D eigenvalue weighted by molar-refractivity contribution is 0.798. The number of benzene rings is 2. The van der Waals surface area contributed by atoms with Gasteiger partial charge in [-0.15, -0.1) is 6.58 Å². The van der Waals surface area contributed by atoms with Crippen molar-refractivity contribution in [3.05, 3.63) is 83.9 Å². The zero-order chi connectivity index (χ0) is 12.1. The first-order valence-electron chi connectivity index (χ1n) is 6.01. The van der Waals surface area contributed by atoms with Crippen molar-refractivity contribution in [2.75, 3.05) is 0 Å². The number of hydrogen-bond donors (Lipinski definition) is 0. The maximum Gasteiger partial charge on any atom is 0.0126 e. The van der Waals surface area contributed by atoms with Crippen molar-refractivity contribution in [1.82, 2.24) is 0 Å². The molecule has 0 aliphatic rings. The fraction of sp³-hybridized carbons (Fsp3) is 0.176. The van der Waals surface area contributed by atoms with Crippen LogP contribution in [0.5, 0.6) is 0 Å². The lowest BCUT2D eigenvalue weighted by Gasteiger charge is -2.18. The van der Waals surface area contributed by atoms with Gasteiger partial charge in [0.05, 0.1) is 0 Å². The summed E-state index contributed by atoms with van der Waals surface area (Å²) in [5.41, 5.74) is 3.95. The molecule has 0 nitrogen and oxygen atoms in total. The third kappa shape index (κ3) is 3.07. The molecule has 2 rings (SSSR count).